The van der Waals surface area contributed by atoms with Crippen LogP contribution < -0.4 is 10.6 Å². The van der Waals surface area contributed by atoms with Crippen LogP contribution in [0.1, 0.15) is 43.2 Å². The van der Waals surface area contributed by atoms with E-state index in [2.05, 4.69) is 46.2 Å². The standard InChI is InChI=1S/C31H41ClN6O3S/c1-3-26(39)38-15-14-37(17-21(38)10-12-33)29-23-9-11-31(16-20-6-4-8-25(32)24(20)19-42-31)28(40)27(23)34-30(35-29)41-18-22-7-5-13-36(22)2/h3-4,6,8,21-23,27,29-30,34-35H,1,5,7,9-11,13-19H2,2H3/t21?,22?,23?,27?,29?,30?,31-/m0/s1. The summed E-state index contributed by atoms with van der Waals surface area (Å²) in [6.45, 7) is 7.05. The number of ketones is 1. The Morgan fingerprint density at radius 1 is 1.29 bits per heavy atom. The number of amides is 1. The van der Waals surface area contributed by atoms with Crippen LogP contribution in [-0.2, 0) is 26.5 Å². The third-order valence-electron chi connectivity index (χ3n) is 10.1. The molecule has 11 heteroatoms. The molecule has 9 nitrogen and oxygen atoms in total. The van der Waals surface area contributed by atoms with Gasteiger partial charge in [-0.3, -0.25) is 25.1 Å². The van der Waals surface area contributed by atoms with Gasteiger partial charge in [-0.05, 0) is 69.0 Å². The molecule has 1 aromatic rings. The first-order valence-electron chi connectivity index (χ1n) is 15.2. The number of hydrogen-bond acceptors (Lipinski definition) is 9. The number of thioether (sulfide) groups is 1. The number of piperazine rings is 1. The number of fused-ring (bicyclic) bond motifs is 2. The highest BCUT2D eigenvalue weighted by Gasteiger charge is 2.55. The molecule has 42 heavy (non-hydrogen) atoms. The fourth-order valence-corrected chi connectivity index (χ4v) is 9.59. The number of nitrogens with one attached hydrogen (secondary N) is 2. The first-order chi connectivity index (χ1) is 20.3. The normalized spacial score (nSPS) is 35.5. The third-order valence-corrected chi connectivity index (χ3v) is 12.0. The number of likely N-dealkylation sites (N-methyl/N-ethyl adjacent to an activating group) is 1. The van der Waals surface area contributed by atoms with E-state index in [0.29, 0.717) is 38.7 Å². The summed E-state index contributed by atoms with van der Waals surface area (Å²) >= 11 is 8.27. The molecule has 5 aliphatic rings. The summed E-state index contributed by atoms with van der Waals surface area (Å²) in [5.74, 6) is 0.893. The smallest absolute Gasteiger partial charge is 0.246 e. The molecule has 0 aromatic heterocycles. The Balaban J connectivity index is 1.24. The SMILES string of the molecule is C=CC(=O)N1CCN(C2NC(OCC3CCCN3C)NC3C(=O)[C@]4(CCC32)Cc2cccc(Cl)c2CS4)CC1CC#N. The van der Waals surface area contributed by atoms with Gasteiger partial charge in [0.1, 0.15) is 0 Å². The van der Waals surface area contributed by atoms with E-state index in [1.165, 1.54) is 18.1 Å². The predicted molar refractivity (Wildman–Crippen MR) is 164 cm³/mol. The highest BCUT2D eigenvalue weighted by atomic mass is 35.5. The van der Waals surface area contributed by atoms with Gasteiger partial charge in [-0.2, -0.15) is 5.26 Å². The molecule has 4 heterocycles. The van der Waals surface area contributed by atoms with Crippen molar-refractivity contribution >= 4 is 35.1 Å². The molecule has 1 spiro atoms. The molecule has 4 fully saturated rings. The summed E-state index contributed by atoms with van der Waals surface area (Å²) in [7, 11) is 2.14. The Labute approximate surface area is 257 Å². The quantitative estimate of drug-likeness (QED) is 0.470. The Morgan fingerprint density at radius 2 is 2.14 bits per heavy atom. The van der Waals surface area contributed by atoms with Crippen molar-refractivity contribution < 1.29 is 14.3 Å². The lowest BCUT2D eigenvalue weighted by atomic mass is 9.71. The van der Waals surface area contributed by atoms with E-state index in [4.69, 9.17) is 16.3 Å². The first kappa shape index (κ1) is 30.1. The largest absolute Gasteiger partial charge is 0.348 e. The summed E-state index contributed by atoms with van der Waals surface area (Å²) in [5, 5.41) is 17.6. The molecule has 7 atom stereocenters. The van der Waals surface area contributed by atoms with Crippen molar-refractivity contribution in [2.45, 2.75) is 79.7 Å². The average molecular weight is 613 g/mol. The molecule has 0 bridgehead atoms. The van der Waals surface area contributed by atoms with Gasteiger partial charge in [-0.1, -0.05) is 30.3 Å². The van der Waals surface area contributed by atoms with Crippen LogP contribution in [0.3, 0.4) is 0 Å². The second-order valence-electron chi connectivity index (χ2n) is 12.4. The fraction of sp³-hybridized carbons (Fsp3) is 0.645. The maximum Gasteiger partial charge on any atom is 0.246 e. The van der Waals surface area contributed by atoms with Crippen LogP contribution in [0.2, 0.25) is 5.02 Å². The molecule has 226 valence electrons. The van der Waals surface area contributed by atoms with Gasteiger partial charge in [-0.25, -0.2) is 0 Å². The maximum absolute atomic E-state index is 14.5. The van der Waals surface area contributed by atoms with Gasteiger partial charge in [-0.15, -0.1) is 11.8 Å². The number of likely N-dealkylation sites (tertiary alicyclic amines) is 1. The Kier molecular flexibility index (Phi) is 9.00. The summed E-state index contributed by atoms with van der Waals surface area (Å²) < 4.78 is 5.97. The van der Waals surface area contributed by atoms with Gasteiger partial charge in [0.25, 0.3) is 0 Å². The Bertz CT molecular complexity index is 1260. The van der Waals surface area contributed by atoms with E-state index in [0.717, 1.165) is 42.1 Å². The molecule has 1 saturated carbocycles. The number of hydrogen-bond donors (Lipinski definition) is 2. The molecule has 0 radical (unpaired) electrons. The van der Waals surface area contributed by atoms with Crippen molar-refractivity contribution in [2.24, 2.45) is 5.92 Å². The van der Waals surface area contributed by atoms with E-state index in [1.54, 1.807) is 16.7 Å². The fourth-order valence-electron chi connectivity index (χ4n) is 7.70. The zero-order valence-electron chi connectivity index (χ0n) is 24.3. The van der Waals surface area contributed by atoms with Crippen LogP contribution in [0.25, 0.3) is 0 Å². The van der Waals surface area contributed by atoms with E-state index >= 15 is 0 Å². The van der Waals surface area contributed by atoms with Gasteiger partial charge >= 0.3 is 0 Å². The topological polar surface area (TPSA) is 101 Å². The van der Waals surface area contributed by atoms with Gasteiger partial charge < -0.3 is 14.5 Å². The lowest BCUT2D eigenvalue weighted by molar-refractivity contribution is -0.144. The van der Waals surface area contributed by atoms with E-state index in [1.807, 2.05) is 12.1 Å². The highest BCUT2D eigenvalue weighted by molar-refractivity contribution is 8.00. The molecular weight excluding hydrogens is 572 g/mol. The molecule has 1 amide bonds. The summed E-state index contributed by atoms with van der Waals surface area (Å²) in [4.78, 5) is 33.5. The predicted octanol–water partition coefficient (Wildman–Crippen LogP) is 2.74. The molecule has 3 saturated heterocycles. The summed E-state index contributed by atoms with van der Waals surface area (Å²) in [6.07, 6.45) is 5.66. The van der Waals surface area contributed by atoms with Crippen molar-refractivity contribution in [3.63, 3.8) is 0 Å². The van der Waals surface area contributed by atoms with Crippen LogP contribution in [0.15, 0.2) is 30.9 Å². The monoisotopic (exact) mass is 612 g/mol. The number of halogens is 1. The van der Waals surface area contributed by atoms with E-state index in [9.17, 15) is 14.9 Å². The van der Waals surface area contributed by atoms with Crippen LogP contribution >= 0.6 is 23.4 Å². The van der Waals surface area contributed by atoms with Crippen LogP contribution in [0.4, 0.5) is 0 Å². The van der Waals surface area contributed by atoms with Gasteiger partial charge in [0.05, 0.1) is 42.1 Å². The zero-order valence-corrected chi connectivity index (χ0v) is 25.8. The van der Waals surface area contributed by atoms with Gasteiger partial charge in [0.2, 0.25) is 5.91 Å². The molecular formula is C31H41ClN6O3S. The number of rotatable bonds is 6. The van der Waals surface area contributed by atoms with Crippen molar-refractivity contribution in [2.75, 3.05) is 39.8 Å². The average Bonchev–Trinajstić information content (AvgIpc) is 3.42. The number of ether oxygens (including phenoxy) is 1. The van der Waals surface area contributed by atoms with Crippen LogP contribution in [0, 0.1) is 17.2 Å². The second-order valence-corrected chi connectivity index (χ2v) is 14.2. The minimum atomic E-state index is -0.484. The van der Waals surface area contributed by atoms with Crippen molar-refractivity contribution in [3.05, 3.63) is 47.0 Å². The molecule has 2 N–H and O–H groups in total. The molecule has 1 aliphatic carbocycles. The maximum atomic E-state index is 14.5. The lowest BCUT2D eigenvalue weighted by Crippen LogP contribution is -2.75. The molecule has 1 aromatic carbocycles. The van der Waals surface area contributed by atoms with E-state index in [-0.39, 0.29) is 42.3 Å². The summed E-state index contributed by atoms with van der Waals surface area (Å²) in [5.41, 5.74) is 2.33. The number of nitriles is 1. The third kappa shape index (κ3) is 5.65. The van der Waals surface area contributed by atoms with Gasteiger partial charge in [0, 0.05) is 42.4 Å². The van der Waals surface area contributed by atoms with Crippen molar-refractivity contribution in [1.29, 1.82) is 5.26 Å². The Morgan fingerprint density at radius 3 is 2.90 bits per heavy atom. The number of carbonyl (C=O) groups is 2. The van der Waals surface area contributed by atoms with Crippen molar-refractivity contribution in [1.82, 2.24) is 25.3 Å². The zero-order chi connectivity index (χ0) is 29.4. The number of nitrogens with zero attached hydrogens (tertiary/aromatic N) is 4. The first-order valence-corrected chi connectivity index (χ1v) is 16.5. The van der Waals surface area contributed by atoms with Crippen LogP contribution in [-0.4, -0.2) is 102 Å². The number of benzene rings is 1. The highest BCUT2D eigenvalue weighted by Crippen LogP contribution is 2.49. The van der Waals surface area contributed by atoms with Crippen molar-refractivity contribution in [3.8, 4) is 6.07 Å². The lowest BCUT2D eigenvalue weighted by Gasteiger charge is -2.55. The number of Topliss-reactive ketones (excluding diaryl/α,β-unsaturated/α-hetero) is 1. The van der Waals surface area contributed by atoms with E-state index < -0.39 is 11.1 Å². The molecule has 4 aliphatic heterocycles. The second kappa shape index (κ2) is 12.6. The minimum absolute atomic E-state index is 0.0443. The minimum Gasteiger partial charge on any atom is -0.348 e. The Hall–Kier alpha value is -1.97. The van der Waals surface area contributed by atoms with Crippen LogP contribution in [0.5, 0.6) is 0 Å². The summed E-state index contributed by atoms with van der Waals surface area (Å²) in [6, 6.07) is 8.08. The molecule has 6 rings (SSSR count). The number of carbonyl (C=O) groups excluding carboxylic acids is 2. The molecule has 6 unspecified atom stereocenters. The van der Waals surface area contributed by atoms with Gasteiger partial charge in [0.15, 0.2) is 12.1 Å².